The van der Waals surface area contributed by atoms with Crippen LogP contribution in [0.3, 0.4) is 0 Å². The highest BCUT2D eigenvalue weighted by atomic mass is 35.5. The zero-order valence-corrected chi connectivity index (χ0v) is 15.5. The summed E-state index contributed by atoms with van der Waals surface area (Å²) >= 11 is 1.66. The summed E-state index contributed by atoms with van der Waals surface area (Å²) in [6.07, 6.45) is 0.428. The molecule has 2 aromatic rings. The summed E-state index contributed by atoms with van der Waals surface area (Å²) in [5, 5.41) is 2.92. The smallest absolute Gasteiger partial charge is 0.225 e. The summed E-state index contributed by atoms with van der Waals surface area (Å²) in [7, 11) is 0. The maximum absolute atomic E-state index is 11.9. The van der Waals surface area contributed by atoms with Gasteiger partial charge in [-0.05, 0) is 36.1 Å². The Labute approximate surface area is 148 Å². The molecular weight excluding hydrogens is 328 g/mol. The van der Waals surface area contributed by atoms with Crippen LogP contribution in [0.5, 0.6) is 0 Å². The highest BCUT2D eigenvalue weighted by Gasteiger charge is 2.10. The molecule has 1 atom stereocenters. The zero-order chi connectivity index (χ0) is 16.1. The van der Waals surface area contributed by atoms with Gasteiger partial charge in [-0.3, -0.25) is 4.79 Å². The van der Waals surface area contributed by atoms with Crippen LogP contribution >= 0.6 is 23.7 Å². The summed E-state index contributed by atoms with van der Waals surface area (Å²) in [6, 6.07) is 12.2. The third kappa shape index (κ3) is 5.98. The Bertz CT molecular complexity index is 622. The number of nitrogens with one attached hydrogen (secondary N) is 1. The third-order valence-electron chi connectivity index (χ3n) is 3.68. The van der Waals surface area contributed by atoms with Crippen molar-refractivity contribution in [2.75, 3.05) is 6.54 Å². The lowest BCUT2D eigenvalue weighted by atomic mass is 9.99. The fraction of sp³-hybridized carbons (Fsp3) is 0.389. The topological polar surface area (TPSA) is 55.1 Å². The highest BCUT2D eigenvalue weighted by Crippen LogP contribution is 2.18. The van der Waals surface area contributed by atoms with Crippen molar-refractivity contribution < 1.29 is 4.79 Å². The molecule has 126 valence electrons. The van der Waals surface area contributed by atoms with Crippen LogP contribution in [-0.4, -0.2) is 12.5 Å². The van der Waals surface area contributed by atoms with Crippen molar-refractivity contribution in [1.82, 2.24) is 5.32 Å². The van der Waals surface area contributed by atoms with E-state index in [1.54, 1.807) is 11.3 Å². The van der Waals surface area contributed by atoms with Crippen molar-refractivity contribution in [1.29, 1.82) is 0 Å². The van der Waals surface area contributed by atoms with E-state index in [1.165, 1.54) is 10.4 Å². The molecule has 2 rings (SSSR count). The van der Waals surface area contributed by atoms with Gasteiger partial charge in [0.2, 0.25) is 5.91 Å². The van der Waals surface area contributed by atoms with Crippen molar-refractivity contribution in [3.63, 3.8) is 0 Å². The number of carbonyl (C=O) groups excluding carboxylic acids is 1. The number of carbonyl (C=O) groups is 1. The van der Waals surface area contributed by atoms with Gasteiger partial charge in [0.05, 0.1) is 6.42 Å². The molecule has 1 aromatic carbocycles. The summed E-state index contributed by atoms with van der Waals surface area (Å²) in [5.41, 5.74) is 8.51. The first-order chi connectivity index (χ1) is 10.5. The van der Waals surface area contributed by atoms with Crippen molar-refractivity contribution in [2.45, 2.75) is 39.2 Å². The van der Waals surface area contributed by atoms with E-state index in [-0.39, 0.29) is 24.4 Å². The van der Waals surface area contributed by atoms with Crippen LogP contribution < -0.4 is 11.1 Å². The lowest BCUT2D eigenvalue weighted by molar-refractivity contribution is -0.120. The average molecular weight is 353 g/mol. The second-order valence-electron chi connectivity index (χ2n) is 5.92. The number of aryl methyl sites for hydroxylation is 1. The molecule has 0 spiro atoms. The Kier molecular flexibility index (Phi) is 7.76. The van der Waals surface area contributed by atoms with E-state index in [1.807, 2.05) is 19.1 Å². The molecule has 3 nitrogen and oxygen atoms in total. The Balaban J connectivity index is 0.00000264. The second-order valence-corrected chi connectivity index (χ2v) is 7.29. The molecule has 23 heavy (non-hydrogen) atoms. The molecule has 1 unspecified atom stereocenters. The lowest BCUT2D eigenvalue weighted by Crippen LogP contribution is -2.32. The number of hydrogen-bond acceptors (Lipinski definition) is 3. The molecule has 5 heteroatoms. The Morgan fingerprint density at radius 1 is 1.13 bits per heavy atom. The minimum atomic E-state index is -0.171. The van der Waals surface area contributed by atoms with Gasteiger partial charge in [0.1, 0.15) is 0 Å². The normalized spacial score (nSPS) is 11.9. The third-order valence-corrected chi connectivity index (χ3v) is 4.68. The molecule has 0 bridgehead atoms. The van der Waals surface area contributed by atoms with Crippen molar-refractivity contribution >= 4 is 29.7 Å². The highest BCUT2D eigenvalue weighted by molar-refractivity contribution is 7.12. The Morgan fingerprint density at radius 3 is 2.26 bits per heavy atom. The van der Waals surface area contributed by atoms with Gasteiger partial charge in [0.25, 0.3) is 0 Å². The minimum absolute atomic E-state index is 0. The molecule has 0 saturated carbocycles. The van der Waals surface area contributed by atoms with E-state index >= 15 is 0 Å². The van der Waals surface area contributed by atoms with E-state index in [9.17, 15) is 4.79 Å². The lowest BCUT2D eigenvalue weighted by Gasteiger charge is -2.14. The van der Waals surface area contributed by atoms with Crippen LogP contribution in [0.2, 0.25) is 0 Å². The maximum atomic E-state index is 11.9. The van der Waals surface area contributed by atoms with E-state index in [2.05, 4.69) is 43.4 Å². The monoisotopic (exact) mass is 352 g/mol. The average Bonchev–Trinajstić information content (AvgIpc) is 2.90. The summed E-state index contributed by atoms with van der Waals surface area (Å²) in [5.74, 6) is 0.537. The standard InChI is InChI=1S/C18H24N2OS.ClH/c1-12(2)14-5-7-15(8-6-14)17(19)11-20-18(21)10-16-9-4-13(3)22-16;/h4-9,12,17H,10-11,19H2,1-3H3,(H,20,21);1H. The molecule has 0 aliphatic rings. The first-order valence-corrected chi connectivity index (χ1v) is 8.45. The van der Waals surface area contributed by atoms with Crippen LogP contribution in [0.1, 0.15) is 46.7 Å². The molecule has 1 heterocycles. The minimum Gasteiger partial charge on any atom is -0.354 e. The van der Waals surface area contributed by atoms with Crippen molar-refractivity contribution in [2.24, 2.45) is 5.73 Å². The summed E-state index contributed by atoms with van der Waals surface area (Å²) in [4.78, 5) is 14.3. The van der Waals surface area contributed by atoms with Crippen LogP contribution in [-0.2, 0) is 11.2 Å². The number of hydrogen-bond donors (Lipinski definition) is 2. The molecule has 0 aliphatic heterocycles. The maximum Gasteiger partial charge on any atom is 0.225 e. The van der Waals surface area contributed by atoms with E-state index in [0.717, 1.165) is 10.4 Å². The van der Waals surface area contributed by atoms with Gasteiger partial charge in [0.15, 0.2) is 0 Å². The summed E-state index contributed by atoms with van der Waals surface area (Å²) < 4.78 is 0. The molecule has 0 saturated heterocycles. The van der Waals surface area contributed by atoms with Gasteiger partial charge >= 0.3 is 0 Å². The Hall–Kier alpha value is -1.36. The number of thiophene rings is 1. The van der Waals surface area contributed by atoms with Gasteiger partial charge in [-0.1, -0.05) is 38.1 Å². The fourth-order valence-electron chi connectivity index (χ4n) is 2.27. The largest absolute Gasteiger partial charge is 0.354 e. The van der Waals surface area contributed by atoms with Crippen LogP contribution in [0.25, 0.3) is 0 Å². The van der Waals surface area contributed by atoms with Gasteiger partial charge < -0.3 is 11.1 Å². The molecule has 0 radical (unpaired) electrons. The zero-order valence-electron chi connectivity index (χ0n) is 13.8. The number of amides is 1. The fourth-order valence-corrected chi connectivity index (χ4v) is 3.16. The molecule has 0 aliphatic carbocycles. The number of benzene rings is 1. The number of halogens is 1. The molecular formula is C18H25ClN2OS. The first-order valence-electron chi connectivity index (χ1n) is 7.63. The summed E-state index contributed by atoms with van der Waals surface area (Å²) in [6.45, 7) is 6.84. The number of nitrogens with two attached hydrogens (primary N) is 1. The van der Waals surface area contributed by atoms with Crippen LogP contribution in [0, 0.1) is 6.92 Å². The second kappa shape index (κ2) is 9.06. The van der Waals surface area contributed by atoms with Gasteiger partial charge in [0, 0.05) is 22.3 Å². The van der Waals surface area contributed by atoms with Crippen LogP contribution in [0.4, 0.5) is 0 Å². The number of rotatable bonds is 6. The van der Waals surface area contributed by atoms with Crippen LogP contribution in [0.15, 0.2) is 36.4 Å². The quantitative estimate of drug-likeness (QED) is 0.826. The van der Waals surface area contributed by atoms with Gasteiger partial charge in [-0.25, -0.2) is 0 Å². The Morgan fingerprint density at radius 2 is 1.74 bits per heavy atom. The van der Waals surface area contributed by atoms with E-state index in [0.29, 0.717) is 18.9 Å². The van der Waals surface area contributed by atoms with E-state index in [4.69, 9.17) is 5.73 Å². The van der Waals surface area contributed by atoms with E-state index < -0.39 is 0 Å². The molecule has 1 amide bonds. The van der Waals surface area contributed by atoms with Gasteiger partial charge in [-0.2, -0.15) is 0 Å². The molecule has 1 aromatic heterocycles. The molecule has 0 fully saturated rings. The van der Waals surface area contributed by atoms with Crippen molar-refractivity contribution in [3.05, 3.63) is 57.3 Å². The predicted molar refractivity (Wildman–Crippen MR) is 100 cm³/mol. The predicted octanol–water partition coefficient (Wildman–Crippen LogP) is 3.96. The van der Waals surface area contributed by atoms with Crippen molar-refractivity contribution in [3.8, 4) is 0 Å². The van der Waals surface area contributed by atoms with Gasteiger partial charge in [-0.15, -0.1) is 23.7 Å². The first kappa shape index (κ1) is 19.7. The SMILES string of the molecule is Cc1ccc(CC(=O)NCC(N)c2ccc(C(C)C)cc2)s1.Cl. The molecule has 3 N–H and O–H groups in total.